The quantitative estimate of drug-likeness (QED) is 0.114. The number of sulfonamides is 1. The molecule has 0 aliphatic carbocycles. The summed E-state index contributed by atoms with van der Waals surface area (Å²) in [5, 5.41) is 18.2. The smallest absolute Gasteiger partial charge is 0.416 e. The van der Waals surface area contributed by atoms with Gasteiger partial charge in [-0.3, -0.25) is 14.9 Å². The Morgan fingerprint density at radius 3 is 2.42 bits per heavy atom. The van der Waals surface area contributed by atoms with Crippen LogP contribution in [0.4, 0.5) is 23.2 Å². The molecule has 4 aromatic rings. The van der Waals surface area contributed by atoms with E-state index >= 15 is 0 Å². The summed E-state index contributed by atoms with van der Waals surface area (Å²) in [6, 6.07) is 11.7. The van der Waals surface area contributed by atoms with Gasteiger partial charge in [-0.2, -0.15) is 23.0 Å². The van der Waals surface area contributed by atoms with Crippen LogP contribution in [0.15, 0.2) is 71.6 Å². The number of alkyl halides is 3. The molecule has 0 aliphatic rings. The number of nitrogens with zero attached hydrogens (tertiary/aromatic N) is 3. The number of aromatic nitrogens is 2. The van der Waals surface area contributed by atoms with Crippen LogP contribution < -0.4 is 14.8 Å². The lowest BCUT2D eigenvalue weighted by Gasteiger charge is -2.16. The molecule has 1 aromatic heterocycles. The van der Waals surface area contributed by atoms with Crippen molar-refractivity contribution >= 4 is 21.6 Å². The number of nitro benzene ring substituents is 1. The van der Waals surface area contributed by atoms with Crippen LogP contribution in [0.5, 0.6) is 11.6 Å². The summed E-state index contributed by atoms with van der Waals surface area (Å²) >= 11 is 0. The van der Waals surface area contributed by atoms with Crippen molar-refractivity contribution in [2.45, 2.75) is 50.9 Å². The van der Waals surface area contributed by atoms with Crippen LogP contribution in [-0.4, -0.2) is 35.1 Å². The Labute approximate surface area is 255 Å². The maximum atomic E-state index is 13.7. The fraction of sp³-hybridized carbons (Fsp3) is 0.241. The molecule has 16 heteroatoms. The van der Waals surface area contributed by atoms with Crippen molar-refractivity contribution in [2.24, 2.45) is 0 Å². The Balaban J connectivity index is 1.77. The molecule has 1 heterocycles. The van der Waals surface area contributed by atoms with Crippen molar-refractivity contribution in [3.8, 4) is 17.3 Å². The Bertz CT molecular complexity index is 1840. The van der Waals surface area contributed by atoms with Gasteiger partial charge in [-0.15, -0.1) is 0 Å². The van der Waals surface area contributed by atoms with E-state index in [4.69, 9.17) is 4.74 Å². The Morgan fingerprint density at radius 1 is 1.11 bits per heavy atom. The summed E-state index contributed by atoms with van der Waals surface area (Å²) in [4.78, 5) is 23.4. The second kappa shape index (κ2) is 13.0. The average Bonchev–Trinajstić information content (AvgIpc) is 3.31. The molecule has 0 saturated heterocycles. The number of nitrogens with one attached hydrogen (secondary N) is 2. The summed E-state index contributed by atoms with van der Waals surface area (Å²) in [7, 11) is -4.36. The van der Waals surface area contributed by atoms with Gasteiger partial charge in [-0.05, 0) is 68.3 Å². The second-order valence-corrected chi connectivity index (χ2v) is 11.7. The van der Waals surface area contributed by atoms with Crippen molar-refractivity contribution < 1.29 is 40.4 Å². The largest absolute Gasteiger partial charge is 0.437 e. The predicted octanol–water partition coefficient (Wildman–Crippen LogP) is 6.05. The minimum absolute atomic E-state index is 0.0810. The lowest BCUT2D eigenvalue weighted by molar-refractivity contribution is -0.385. The fourth-order valence-corrected chi connectivity index (χ4v) is 5.59. The number of benzene rings is 3. The molecule has 4 rings (SSSR count). The molecule has 1 atom stereocenters. The molecule has 3 aromatic carbocycles. The monoisotopic (exact) mass is 649 g/mol. The highest BCUT2D eigenvalue weighted by atomic mass is 32.2. The fourth-order valence-electron chi connectivity index (χ4n) is 4.12. The highest BCUT2D eigenvalue weighted by Crippen LogP contribution is 2.36. The molecular weight excluding hydrogens is 622 g/mol. The number of amides is 1. The third-order valence-corrected chi connectivity index (χ3v) is 8.28. The molecule has 45 heavy (non-hydrogen) atoms. The number of halogens is 4. The van der Waals surface area contributed by atoms with Crippen LogP contribution in [0.25, 0.3) is 5.69 Å². The van der Waals surface area contributed by atoms with Crippen LogP contribution >= 0.6 is 0 Å². The molecule has 238 valence electrons. The normalized spacial score (nSPS) is 12.5. The number of hydrogen-bond donors (Lipinski definition) is 2. The van der Waals surface area contributed by atoms with Crippen LogP contribution in [0.1, 0.15) is 47.4 Å². The van der Waals surface area contributed by atoms with Crippen LogP contribution in [0.2, 0.25) is 0 Å². The minimum atomic E-state index is -4.58. The summed E-state index contributed by atoms with van der Waals surface area (Å²) in [6.07, 6.45) is -4.16. The van der Waals surface area contributed by atoms with Gasteiger partial charge in [0, 0.05) is 30.3 Å². The van der Waals surface area contributed by atoms with Crippen molar-refractivity contribution in [3.63, 3.8) is 0 Å². The summed E-state index contributed by atoms with van der Waals surface area (Å²) in [6.45, 7) is 4.49. The van der Waals surface area contributed by atoms with E-state index in [1.54, 1.807) is 13.8 Å². The molecule has 0 fully saturated rings. The maximum absolute atomic E-state index is 13.7. The number of hydrogen-bond acceptors (Lipinski definition) is 7. The third-order valence-electron chi connectivity index (χ3n) is 6.66. The third kappa shape index (κ3) is 7.64. The van der Waals surface area contributed by atoms with E-state index in [1.807, 2.05) is 0 Å². The second-order valence-electron chi connectivity index (χ2n) is 9.97. The number of ether oxygens (including phenoxy) is 1. The van der Waals surface area contributed by atoms with Gasteiger partial charge in [0.1, 0.15) is 16.5 Å². The number of non-ortho nitro benzene ring substituents is 1. The van der Waals surface area contributed by atoms with Gasteiger partial charge in [-0.25, -0.2) is 17.5 Å². The zero-order chi connectivity index (χ0) is 33.1. The Morgan fingerprint density at radius 2 is 1.80 bits per heavy atom. The van der Waals surface area contributed by atoms with Gasteiger partial charge in [-0.1, -0.05) is 19.1 Å². The van der Waals surface area contributed by atoms with Crippen LogP contribution in [0.3, 0.4) is 0 Å². The molecule has 11 nitrogen and oxygen atoms in total. The van der Waals surface area contributed by atoms with Crippen molar-refractivity contribution in [1.82, 2.24) is 19.8 Å². The number of nitro groups is 1. The summed E-state index contributed by atoms with van der Waals surface area (Å²) in [5.74, 6) is -1.90. The Kier molecular flexibility index (Phi) is 9.58. The van der Waals surface area contributed by atoms with E-state index in [1.165, 1.54) is 31.2 Å². The van der Waals surface area contributed by atoms with Gasteiger partial charge >= 0.3 is 6.18 Å². The molecule has 2 N–H and O–H groups in total. The Hall–Kier alpha value is -4.83. The number of rotatable bonds is 11. The van der Waals surface area contributed by atoms with E-state index < -0.39 is 55.0 Å². The van der Waals surface area contributed by atoms with Gasteiger partial charge in [0.2, 0.25) is 15.9 Å². The van der Waals surface area contributed by atoms with Gasteiger partial charge < -0.3 is 10.1 Å². The number of carbonyl (C=O) groups is 1. The zero-order valence-corrected chi connectivity index (χ0v) is 24.9. The lowest BCUT2D eigenvalue weighted by atomic mass is 10.1. The number of carbonyl (C=O) groups excluding carboxylic acids is 1. The topological polar surface area (TPSA) is 145 Å². The average molecular weight is 650 g/mol. The van der Waals surface area contributed by atoms with Gasteiger partial charge in [0.15, 0.2) is 5.69 Å². The molecule has 0 saturated carbocycles. The molecule has 0 aliphatic heterocycles. The minimum Gasteiger partial charge on any atom is -0.437 e. The van der Waals surface area contributed by atoms with Crippen LogP contribution in [-0.2, 0) is 22.7 Å². The SMILES string of the molecule is CC[C@@H](C)NS(=O)(=O)c1cc([N+](=O)[O-])ccc1Oc1c(C)c(C(=O)NCc2cccc(C(F)(F)F)c2)nn1-c1ccc(F)cc1. The molecule has 0 spiro atoms. The molecule has 0 radical (unpaired) electrons. The summed E-state index contributed by atoms with van der Waals surface area (Å²) < 4.78 is 89.2. The lowest BCUT2D eigenvalue weighted by Crippen LogP contribution is -2.32. The van der Waals surface area contributed by atoms with Gasteiger partial charge in [0.05, 0.1) is 16.2 Å². The molecule has 0 bridgehead atoms. The standard InChI is InChI=1S/C29H27F4N5O6S/c1-4-17(2)36-45(42,43)25-15-23(38(40)41)12-13-24(25)44-28-18(3)26(35-37(28)22-10-8-21(30)9-11-22)27(39)34-16-19-6-5-7-20(14-19)29(31,32)33/h5-15,17,36H,4,16H2,1-3H3,(H,34,39)/t17-/m1/s1. The van der Waals surface area contributed by atoms with Gasteiger partial charge in [0.25, 0.3) is 11.6 Å². The first-order valence-electron chi connectivity index (χ1n) is 13.4. The van der Waals surface area contributed by atoms with Crippen molar-refractivity contribution in [2.75, 3.05) is 0 Å². The maximum Gasteiger partial charge on any atom is 0.416 e. The first-order valence-corrected chi connectivity index (χ1v) is 14.9. The van der Waals surface area contributed by atoms with E-state index in [-0.39, 0.29) is 40.7 Å². The van der Waals surface area contributed by atoms with E-state index in [0.29, 0.717) is 6.42 Å². The van der Waals surface area contributed by atoms with E-state index in [9.17, 15) is 40.9 Å². The summed E-state index contributed by atoms with van der Waals surface area (Å²) in [5.41, 5.74) is -1.19. The molecular formula is C29H27F4N5O6S. The highest BCUT2D eigenvalue weighted by molar-refractivity contribution is 7.89. The first-order chi connectivity index (χ1) is 21.1. The predicted molar refractivity (Wildman–Crippen MR) is 154 cm³/mol. The van der Waals surface area contributed by atoms with Crippen molar-refractivity contribution in [3.05, 3.63) is 105 Å². The molecule has 0 unspecified atom stereocenters. The highest BCUT2D eigenvalue weighted by Gasteiger charge is 2.31. The van der Waals surface area contributed by atoms with Crippen LogP contribution in [0, 0.1) is 22.9 Å². The van der Waals surface area contributed by atoms with Crippen molar-refractivity contribution in [1.29, 1.82) is 0 Å². The first kappa shape index (κ1) is 33.1. The molecule has 1 amide bonds. The van der Waals surface area contributed by atoms with E-state index in [2.05, 4.69) is 15.1 Å². The zero-order valence-electron chi connectivity index (χ0n) is 24.1. The van der Waals surface area contributed by atoms with E-state index in [0.717, 1.165) is 47.1 Å².